The lowest BCUT2D eigenvalue weighted by atomic mass is 10.2. The molecule has 0 aliphatic heterocycles. The van der Waals surface area contributed by atoms with Gasteiger partial charge in [-0.05, 0) is 24.3 Å². The zero-order valence-electron chi connectivity index (χ0n) is 12.5. The molecule has 1 rings (SSSR count). The van der Waals surface area contributed by atoms with Gasteiger partial charge in [-0.3, -0.25) is 9.59 Å². The average molecular weight is 342 g/mol. The van der Waals surface area contributed by atoms with Crippen LogP contribution >= 0.6 is 0 Å². The second-order valence-electron chi connectivity index (χ2n) is 4.44. The van der Waals surface area contributed by atoms with Crippen molar-refractivity contribution < 1.29 is 27.5 Å². The summed E-state index contributed by atoms with van der Waals surface area (Å²) in [6.45, 7) is 3.26. The lowest BCUT2D eigenvalue weighted by Crippen LogP contribution is -2.44. The highest BCUT2D eigenvalue weighted by molar-refractivity contribution is 7.89. The van der Waals surface area contributed by atoms with Gasteiger partial charge in [0.1, 0.15) is 18.4 Å². The van der Waals surface area contributed by atoms with Crippen LogP contribution < -0.4 is 15.2 Å². The third kappa shape index (κ3) is 5.72. The molecule has 1 atom stereocenters. The van der Waals surface area contributed by atoms with Gasteiger partial charge in [0.25, 0.3) is 0 Å². The predicted molar refractivity (Wildman–Crippen MR) is 82.1 cm³/mol. The van der Waals surface area contributed by atoms with Crippen molar-refractivity contribution in [3.63, 3.8) is 0 Å². The Balaban J connectivity index is 2.96. The largest absolute Gasteiger partial charge is 0.497 e. The summed E-state index contributed by atoms with van der Waals surface area (Å²) in [4.78, 5) is 22.8. The van der Waals surface area contributed by atoms with E-state index in [0.29, 0.717) is 5.75 Å². The number of rotatable bonds is 9. The number of carbonyl (C=O) groups excluding carboxylic acids is 2. The molecule has 1 aromatic carbocycles. The fourth-order valence-corrected chi connectivity index (χ4v) is 2.81. The van der Waals surface area contributed by atoms with Gasteiger partial charge in [-0.1, -0.05) is 12.7 Å². The van der Waals surface area contributed by atoms with Gasteiger partial charge in [0, 0.05) is 0 Å². The molecule has 0 aliphatic carbocycles. The Bertz CT molecular complexity index is 669. The van der Waals surface area contributed by atoms with Crippen molar-refractivity contribution in [2.45, 2.75) is 17.4 Å². The molecule has 8 nitrogen and oxygen atoms in total. The third-order valence-corrected chi connectivity index (χ3v) is 4.19. The number of hydrogen-bond donors (Lipinski definition) is 2. The molecule has 1 aromatic rings. The maximum Gasteiger partial charge on any atom is 0.325 e. The molecule has 0 heterocycles. The van der Waals surface area contributed by atoms with Crippen LogP contribution in [0.1, 0.15) is 6.42 Å². The van der Waals surface area contributed by atoms with Crippen LogP contribution in [-0.4, -0.2) is 40.1 Å². The van der Waals surface area contributed by atoms with Crippen LogP contribution in [0.4, 0.5) is 0 Å². The van der Waals surface area contributed by atoms with Crippen LogP contribution in [-0.2, 0) is 24.3 Å². The van der Waals surface area contributed by atoms with Gasteiger partial charge in [-0.2, -0.15) is 4.72 Å². The highest BCUT2D eigenvalue weighted by Gasteiger charge is 2.28. The third-order valence-electron chi connectivity index (χ3n) is 2.70. The highest BCUT2D eigenvalue weighted by Crippen LogP contribution is 2.16. The van der Waals surface area contributed by atoms with Gasteiger partial charge in [0.2, 0.25) is 15.9 Å². The van der Waals surface area contributed by atoms with Crippen LogP contribution in [0.2, 0.25) is 0 Å². The Morgan fingerprint density at radius 3 is 2.43 bits per heavy atom. The van der Waals surface area contributed by atoms with Gasteiger partial charge in [-0.25, -0.2) is 8.42 Å². The second kappa shape index (κ2) is 8.30. The quantitative estimate of drug-likeness (QED) is 0.479. The Hall–Kier alpha value is -2.39. The molecular weight excluding hydrogens is 324 g/mol. The summed E-state index contributed by atoms with van der Waals surface area (Å²) in [6, 6.07) is 4.09. The fourth-order valence-electron chi connectivity index (χ4n) is 1.63. The zero-order valence-corrected chi connectivity index (χ0v) is 13.3. The van der Waals surface area contributed by atoms with Crippen LogP contribution in [0.25, 0.3) is 0 Å². The van der Waals surface area contributed by atoms with Crippen molar-refractivity contribution in [2.75, 3.05) is 13.7 Å². The van der Waals surface area contributed by atoms with E-state index in [2.05, 4.69) is 11.3 Å². The van der Waals surface area contributed by atoms with E-state index in [1.54, 1.807) is 0 Å². The molecule has 126 valence electrons. The van der Waals surface area contributed by atoms with Gasteiger partial charge in [-0.15, -0.1) is 0 Å². The second-order valence-corrected chi connectivity index (χ2v) is 6.15. The van der Waals surface area contributed by atoms with Crippen LogP contribution in [0.15, 0.2) is 41.8 Å². The summed E-state index contributed by atoms with van der Waals surface area (Å²) in [5.41, 5.74) is 5.04. The predicted octanol–water partition coefficient (Wildman–Crippen LogP) is -0.0533. The van der Waals surface area contributed by atoms with Crippen molar-refractivity contribution in [3.05, 3.63) is 36.9 Å². The number of amides is 1. The molecule has 0 fully saturated rings. The minimum absolute atomic E-state index is 0.0932. The summed E-state index contributed by atoms with van der Waals surface area (Å²) in [5, 5.41) is 0. The van der Waals surface area contributed by atoms with E-state index in [-0.39, 0.29) is 11.5 Å². The standard InChI is InChI=1S/C14H18N2O6S/c1-3-8-22-14(18)12(9-13(15)17)16-23(19,20)11-6-4-10(21-2)5-7-11/h3-7,12,16H,1,8-9H2,2H3,(H2,15,17). The number of benzene rings is 1. The molecule has 1 amide bonds. The average Bonchev–Trinajstić information content (AvgIpc) is 2.51. The van der Waals surface area contributed by atoms with E-state index in [1.165, 1.54) is 37.5 Å². The molecule has 0 saturated carbocycles. The lowest BCUT2D eigenvalue weighted by molar-refractivity contribution is -0.145. The smallest absolute Gasteiger partial charge is 0.325 e. The molecule has 3 N–H and O–H groups in total. The topological polar surface area (TPSA) is 125 Å². The molecule has 0 aromatic heterocycles. The summed E-state index contributed by atoms with van der Waals surface area (Å²) in [5.74, 6) is -1.29. The molecular formula is C14H18N2O6S. The van der Waals surface area contributed by atoms with Crippen molar-refractivity contribution in [2.24, 2.45) is 5.73 Å². The molecule has 0 saturated heterocycles. The van der Waals surface area contributed by atoms with E-state index < -0.39 is 34.4 Å². The zero-order chi connectivity index (χ0) is 17.5. The number of ether oxygens (including phenoxy) is 2. The Kier molecular flexibility index (Phi) is 6.73. The van der Waals surface area contributed by atoms with Crippen LogP contribution in [0.3, 0.4) is 0 Å². The molecule has 0 spiro atoms. The number of primary amides is 1. The summed E-state index contributed by atoms with van der Waals surface area (Å²) in [7, 11) is -2.60. The Morgan fingerprint density at radius 1 is 1.35 bits per heavy atom. The van der Waals surface area contributed by atoms with E-state index in [4.69, 9.17) is 15.2 Å². The maximum absolute atomic E-state index is 12.3. The molecule has 0 aliphatic rings. The monoisotopic (exact) mass is 342 g/mol. The van der Waals surface area contributed by atoms with Crippen molar-refractivity contribution >= 4 is 21.9 Å². The SMILES string of the molecule is C=CCOC(=O)C(CC(N)=O)NS(=O)(=O)c1ccc(OC)cc1. The number of nitrogens with one attached hydrogen (secondary N) is 1. The number of sulfonamides is 1. The molecule has 23 heavy (non-hydrogen) atoms. The number of nitrogens with two attached hydrogens (primary N) is 1. The van der Waals surface area contributed by atoms with E-state index >= 15 is 0 Å². The van der Waals surface area contributed by atoms with Gasteiger partial charge in [0.05, 0.1) is 18.4 Å². The van der Waals surface area contributed by atoms with E-state index in [9.17, 15) is 18.0 Å². The summed E-state index contributed by atoms with van der Waals surface area (Å²) in [6.07, 6.45) is 0.794. The van der Waals surface area contributed by atoms with E-state index in [0.717, 1.165) is 0 Å². The fraction of sp³-hybridized carbons (Fsp3) is 0.286. The molecule has 1 unspecified atom stereocenters. The van der Waals surface area contributed by atoms with Crippen LogP contribution in [0, 0.1) is 0 Å². The number of carbonyl (C=O) groups is 2. The van der Waals surface area contributed by atoms with Gasteiger partial charge in [0.15, 0.2) is 0 Å². The Morgan fingerprint density at radius 2 is 1.96 bits per heavy atom. The highest BCUT2D eigenvalue weighted by atomic mass is 32.2. The van der Waals surface area contributed by atoms with E-state index in [1.807, 2.05) is 0 Å². The van der Waals surface area contributed by atoms with Crippen molar-refractivity contribution in [3.8, 4) is 5.75 Å². The Labute approximate surface area is 134 Å². The summed E-state index contributed by atoms with van der Waals surface area (Å²) < 4.78 is 36.3. The molecule has 9 heteroatoms. The lowest BCUT2D eigenvalue weighted by Gasteiger charge is -2.16. The van der Waals surface area contributed by atoms with Crippen molar-refractivity contribution in [1.29, 1.82) is 0 Å². The maximum atomic E-state index is 12.3. The van der Waals surface area contributed by atoms with Crippen LogP contribution in [0.5, 0.6) is 5.75 Å². The first-order valence-electron chi connectivity index (χ1n) is 6.52. The van der Waals surface area contributed by atoms with Gasteiger partial charge >= 0.3 is 5.97 Å². The minimum atomic E-state index is -4.04. The number of esters is 1. The summed E-state index contributed by atoms with van der Waals surface area (Å²) >= 11 is 0. The van der Waals surface area contributed by atoms with Crippen molar-refractivity contribution in [1.82, 2.24) is 4.72 Å². The first-order valence-corrected chi connectivity index (χ1v) is 8.00. The molecule has 0 radical (unpaired) electrons. The first kappa shape index (κ1) is 18.7. The normalized spacial score (nSPS) is 12.2. The minimum Gasteiger partial charge on any atom is -0.497 e. The first-order chi connectivity index (χ1) is 10.8. The van der Waals surface area contributed by atoms with Gasteiger partial charge < -0.3 is 15.2 Å². The molecule has 0 bridgehead atoms. The number of methoxy groups -OCH3 is 1. The number of hydrogen-bond acceptors (Lipinski definition) is 6.